The molecule has 6 aromatic rings. The van der Waals surface area contributed by atoms with Crippen LogP contribution in [-0.2, 0) is 22.4 Å². The smallest absolute Gasteiger partial charge is 0.224 e. The molecular formula is C39H32BrN3O2. The first-order chi connectivity index (χ1) is 21.9. The number of carbonyl (C=O) groups excluding carboxylic acids is 2. The second-order valence-electron chi connectivity index (χ2n) is 11.6. The molecule has 222 valence electrons. The molecule has 0 saturated carbocycles. The van der Waals surface area contributed by atoms with Gasteiger partial charge in [-0.2, -0.15) is 0 Å². The molecule has 1 aromatic heterocycles. The molecule has 5 aromatic carbocycles. The third-order valence-corrected chi connectivity index (χ3v) is 9.46. The Morgan fingerprint density at radius 1 is 0.600 bits per heavy atom. The van der Waals surface area contributed by atoms with Crippen molar-refractivity contribution in [3.05, 3.63) is 137 Å². The maximum absolute atomic E-state index is 11.5. The van der Waals surface area contributed by atoms with E-state index in [2.05, 4.69) is 141 Å². The van der Waals surface area contributed by atoms with Crippen molar-refractivity contribution in [2.75, 3.05) is 10.6 Å². The summed E-state index contributed by atoms with van der Waals surface area (Å²) in [4.78, 5) is 22.9. The number of amides is 2. The van der Waals surface area contributed by atoms with Gasteiger partial charge >= 0.3 is 0 Å². The van der Waals surface area contributed by atoms with Crippen LogP contribution in [0.4, 0.5) is 11.4 Å². The van der Waals surface area contributed by atoms with Gasteiger partial charge in [0.2, 0.25) is 11.8 Å². The number of nitrogens with one attached hydrogen (secondary N) is 2. The quantitative estimate of drug-likeness (QED) is 0.200. The van der Waals surface area contributed by atoms with Crippen LogP contribution in [0.25, 0.3) is 38.8 Å². The minimum Gasteiger partial charge on any atom is -0.326 e. The van der Waals surface area contributed by atoms with Crippen LogP contribution < -0.4 is 10.6 Å². The normalized spacial score (nSPS) is 13.6. The summed E-state index contributed by atoms with van der Waals surface area (Å²) in [5, 5.41) is 7.10. The summed E-state index contributed by atoms with van der Waals surface area (Å²) in [7, 11) is 0. The summed E-state index contributed by atoms with van der Waals surface area (Å²) in [6.45, 7) is 2.09. The van der Waals surface area contributed by atoms with E-state index in [4.69, 9.17) is 0 Å². The van der Waals surface area contributed by atoms with E-state index in [1.165, 1.54) is 49.8 Å². The Kier molecular flexibility index (Phi) is 7.82. The molecule has 0 saturated heterocycles. The van der Waals surface area contributed by atoms with Gasteiger partial charge in [-0.25, -0.2) is 0 Å². The van der Waals surface area contributed by atoms with E-state index >= 15 is 0 Å². The number of hydrogen-bond donors (Lipinski definition) is 2. The van der Waals surface area contributed by atoms with Crippen LogP contribution in [0.1, 0.15) is 29.5 Å². The van der Waals surface area contributed by atoms with Crippen molar-refractivity contribution >= 4 is 50.0 Å². The molecule has 8 rings (SSSR count). The lowest BCUT2D eigenvalue weighted by atomic mass is 9.96. The summed E-state index contributed by atoms with van der Waals surface area (Å²) < 4.78 is 3.34. The first-order valence-electron chi connectivity index (χ1n) is 15.2. The van der Waals surface area contributed by atoms with Crippen LogP contribution >= 0.6 is 15.9 Å². The average Bonchev–Trinajstić information content (AvgIpc) is 3.50. The molecule has 0 radical (unpaired) electrons. The summed E-state index contributed by atoms with van der Waals surface area (Å²) >= 11 is 3.52. The van der Waals surface area contributed by atoms with Gasteiger partial charge in [0, 0.05) is 40.6 Å². The summed E-state index contributed by atoms with van der Waals surface area (Å²) in [5.41, 5.74) is 12.7. The summed E-state index contributed by atoms with van der Waals surface area (Å²) in [6, 6.07) is 38.0. The van der Waals surface area contributed by atoms with Gasteiger partial charge < -0.3 is 15.2 Å². The van der Waals surface area contributed by atoms with Crippen LogP contribution in [-0.4, -0.2) is 16.4 Å². The molecule has 0 atom stereocenters. The number of anilines is 2. The molecular weight excluding hydrogens is 622 g/mol. The fourth-order valence-electron chi connectivity index (χ4n) is 6.07. The van der Waals surface area contributed by atoms with Crippen molar-refractivity contribution in [1.82, 2.24) is 4.57 Å². The molecule has 6 heteroatoms. The molecule has 2 aliphatic heterocycles. The summed E-state index contributed by atoms with van der Waals surface area (Å²) in [6.07, 6.45) is 4.89. The van der Waals surface area contributed by atoms with Gasteiger partial charge in [-0.1, -0.05) is 70.5 Å². The fourth-order valence-corrected chi connectivity index (χ4v) is 6.32. The van der Waals surface area contributed by atoms with Gasteiger partial charge in [-0.15, -0.1) is 0 Å². The minimum atomic E-state index is 0.105. The van der Waals surface area contributed by atoms with Crippen molar-refractivity contribution < 1.29 is 9.59 Å². The number of nitrogens with zero attached hydrogens (tertiary/aromatic N) is 1. The number of para-hydroxylation sites is 1. The third kappa shape index (κ3) is 6.06. The van der Waals surface area contributed by atoms with E-state index in [-0.39, 0.29) is 11.8 Å². The number of fused-ring (bicyclic) bond motifs is 3. The fraction of sp³-hybridized carbons (Fsp3) is 0.128. The number of aryl methyl sites for hydroxylation is 3. The van der Waals surface area contributed by atoms with Gasteiger partial charge in [0.15, 0.2) is 0 Å². The van der Waals surface area contributed by atoms with Gasteiger partial charge in [0.25, 0.3) is 0 Å². The molecule has 2 aliphatic rings. The topological polar surface area (TPSA) is 63.1 Å². The Balaban J connectivity index is 0.000000152. The van der Waals surface area contributed by atoms with Gasteiger partial charge in [0.1, 0.15) is 0 Å². The van der Waals surface area contributed by atoms with Crippen LogP contribution in [0, 0.1) is 6.92 Å². The Hall–Kier alpha value is -4.94. The highest BCUT2D eigenvalue weighted by Gasteiger charge is 2.16. The lowest BCUT2D eigenvalue weighted by Gasteiger charge is -2.17. The predicted octanol–water partition coefficient (Wildman–Crippen LogP) is 9.49. The number of rotatable bonds is 3. The van der Waals surface area contributed by atoms with E-state index < -0.39 is 0 Å². The zero-order valence-electron chi connectivity index (χ0n) is 24.9. The second kappa shape index (κ2) is 12.2. The predicted molar refractivity (Wildman–Crippen MR) is 187 cm³/mol. The molecule has 2 amide bonds. The zero-order valence-corrected chi connectivity index (χ0v) is 26.5. The molecule has 3 heterocycles. The molecule has 0 spiro atoms. The Bertz CT molecular complexity index is 2080. The number of aromatic nitrogens is 1. The SMILES string of the molecule is Cc1cc(-c2ccc3c(c2)CCC(=O)N3)ccc1Br.O=C1CCc2cc(-c3ccc(-n4ccc5ccccc54)cc3)ccc2N1. The van der Waals surface area contributed by atoms with Crippen LogP contribution in [0.2, 0.25) is 0 Å². The van der Waals surface area contributed by atoms with Crippen LogP contribution in [0.15, 0.2) is 120 Å². The van der Waals surface area contributed by atoms with Crippen molar-refractivity contribution in [1.29, 1.82) is 0 Å². The van der Waals surface area contributed by atoms with E-state index in [0.717, 1.165) is 34.4 Å². The van der Waals surface area contributed by atoms with E-state index in [9.17, 15) is 9.59 Å². The lowest BCUT2D eigenvalue weighted by Crippen LogP contribution is -2.18. The van der Waals surface area contributed by atoms with Crippen molar-refractivity contribution in [2.45, 2.75) is 32.6 Å². The van der Waals surface area contributed by atoms with Crippen LogP contribution in [0.3, 0.4) is 0 Å². The standard InChI is InChI=1S/C23H18N2O.C16H14BrNO/c26-23-12-8-19-15-18(7-11-21(19)24-23)16-5-9-20(10-6-16)25-14-13-17-3-1-2-4-22(17)25;1-10-8-11(2-5-14(10)17)12-3-6-15-13(9-12)4-7-16(19)18-15/h1-7,9-11,13-15H,8,12H2,(H,24,26);2-3,5-6,8-9H,4,7H2,1H3,(H,18,19). The first-order valence-corrected chi connectivity index (χ1v) is 16.0. The number of benzene rings is 5. The van der Waals surface area contributed by atoms with E-state index in [0.29, 0.717) is 12.8 Å². The van der Waals surface area contributed by atoms with Gasteiger partial charge in [-0.3, -0.25) is 9.59 Å². The number of carbonyl (C=O) groups is 2. The molecule has 0 bridgehead atoms. The van der Waals surface area contributed by atoms with E-state index in [1.807, 2.05) is 12.1 Å². The van der Waals surface area contributed by atoms with Gasteiger partial charge in [-0.05, 0) is 119 Å². The second-order valence-corrected chi connectivity index (χ2v) is 12.4. The Morgan fingerprint density at radius 2 is 1.16 bits per heavy atom. The number of halogens is 1. The zero-order chi connectivity index (χ0) is 30.9. The lowest BCUT2D eigenvalue weighted by molar-refractivity contribution is -0.117. The van der Waals surface area contributed by atoms with Crippen molar-refractivity contribution in [3.8, 4) is 27.9 Å². The van der Waals surface area contributed by atoms with Crippen molar-refractivity contribution in [2.24, 2.45) is 0 Å². The maximum atomic E-state index is 11.5. The Morgan fingerprint density at radius 3 is 1.80 bits per heavy atom. The molecule has 0 fully saturated rings. The Labute approximate surface area is 271 Å². The maximum Gasteiger partial charge on any atom is 0.224 e. The highest BCUT2D eigenvalue weighted by molar-refractivity contribution is 9.10. The summed E-state index contributed by atoms with van der Waals surface area (Å²) in [5.74, 6) is 0.216. The van der Waals surface area contributed by atoms with Crippen molar-refractivity contribution in [3.63, 3.8) is 0 Å². The minimum absolute atomic E-state index is 0.105. The highest BCUT2D eigenvalue weighted by Crippen LogP contribution is 2.32. The average molecular weight is 655 g/mol. The number of hydrogen-bond acceptors (Lipinski definition) is 2. The third-order valence-electron chi connectivity index (χ3n) is 8.57. The van der Waals surface area contributed by atoms with Gasteiger partial charge in [0.05, 0.1) is 5.52 Å². The molecule has 0 aliphatic carbocycles. The molecule has 5 nitrogen and oxygen atoms in total. The monoisotopic (exact) mass is 653 g/mol. The molecule has 2 N–H and O–H groups in total. The molecule has 0 unspecified atom stereocenters. The van der Waals surface area contributed by atoms with Crippen LogP contribution in [0.5, 0.6) is 0 Å². The van der Waals surface area contributed by atoms with E-state index in [1.54, 1.807) is 0 Å². The largest absolute Gasteiger partial charge is 0.326 e. The highest BCUT2D eigenvalue weighted by atomic mass is 79.9. The molecule has 45 heavy (non-hydrogen) atoms. The first kappa shape index (κ1) is 28.8.